The van der Waals surface area contributed by atoms with Crippen LogP contribution in [-0.4, -0.2) is 32.1 Å². The van der Waals surface area contributed by atoms with Gasteiger partial charge in [0.1, 0.15) is 46.8 Å². The molecule has 1 unspecified atom stereocenters. The van der Waals surface area contributed by atoms with Crippen LogP contribution in [0.2, 0.25) is 5.02 Å². The zero-order chi connectivity index (χ0) is 26.7. The topological polar surface area (TPSA) is 164 Å². The average molecular weight is 522 g/mol. The molecule has 4 aromatic rings. The lowest BCUT2D eigenvalue weighted by molar-refractivity contribution is 0.252. The first-order chi connectivity index (χ1) is 17.7. The first-order valence-electron chi connectivity index (χ1n) is 11.1. The number of hydrogen-bond donors (Lipinski definition) is 4. The van der Waals surface area contributed by atoms with E-state index in [4.69, 9.17) is 17.3 Å². The molecule has 2 aromatic heterocycles. The van der Waals surface area contributed by atoms with Crippen molar-refractivity contribution < 1.29 is 9.18 Å². The predicted molar refractivity (Wildman–Crippen MR) is 138 cm³/mol. The number of anilines is 3. The summed E-state index contributed by atoms with van der Waals surface area (Å²) in [5, 5.41) is 17.7. The number of aromatic nitrogens is 4. The Kier molecular flexibility index (Phi) is 7.17. The van der Waals surface area contributed by atoms with Crippen LogP contribution < -0.4 is 27.2 Å². The molecule has 2 heterocycles. The molecule has 2 amide bonds. The second-order valence-corrected chi connectivity index (χ2v) is 8.27. The molecule has 0 aliphatic heterocycles. The van der Waals surface area contributed by atoms with Crippen LogP contribution in [0, 0.1) is 17.1 Å². The lowest BCUT2D eigenvalue weighted by atomic mass is 10.1. The van der Waals surface area contributed by atoms with Gasteiger partial charge in [-0.2, -0.15) is 5.26 Å². The van der Waals surface area contributed by atoms with Crippen molar-refractivity contribution in [1.82, 2.24) is 24.8 Å². The monoisotopic (exact) mass is 521 g/mol. The van der Waals surface area contributed by atoms with Crippen LogP contribution >= 0.6 is 11.6 Å². The highest BCUT2D eigenvalue weighted by Crippen LogP contribution is 2.28. The second kappa shape index (κ2) is 10.5. The minimum absolute atomic E-state index is 0.00592. The maximum absolute atomic E-state index is 14.8. The molecule has 13 heteroatoms. The van der Waals surface area contributed by atoms with Crippen molar-refractivity contribution in [3.63, 3.8) is 0 Å². The number of nitrogens with two attached hydrogens (primary N) is 1. The van der Waals surface area contributed by atoms with Crippen molar-refractivity contribution in [1.29, 1.82) is 5.26 Å². The van der Waals surface area contributed by atoms with E-state index in [0.29, 0.717) is 17.9 Å². The van der Waals surface area contributed by atoms with Crippen molar-refractivity contribution in [3.05, 3.63) is 75.3 Å². The second-order valence-electron chi connectivity index (χ2n) is 7.86. The van der Waals surface area contributed by atoms with E-state index >= 15 is 0 Å². The number of nitriles is 1. The molecule has 4 rings (SSSR count). The molecule has 0 fully saturated rings. The fourth-order valence-corrected chi connectivity index (χ4v) is 3.95. The number of carbonyl (C=O) groups is 1. The molecule has 0 aliphatic carbocycles. The average Bonchev–Trinajstić information content (AvgIpc) is 2.86. The first kappa shape index (κ1) is 25.3. The molecule has 0 aliphatic rings. The lowest BCUT2D eigenvalue weighted by Gasteiger charge is -2.21. The van der Waals surface area contributed by atoms with E-state index in [-0.39, 0.29) is 38.9 Å². The number of benzene rings is 2. The van der Waals surface area contributed by atoms with Crippen molar-refractivity contribution in [2.75, 3.05) is 22.9 Å². The highest BCUT2D eigenvalue weighted by atomic mass is 35.5. The van der Waals surface area contributed by atoms with Gasteiger partial charge < -0.3 is 21.7 Å². The van der Waals surface area contributed by atoms with Gasteiger partial charge in [0.05, 0.1) is 22.1 Å². The molecule has 0 saturated carbocycles. The SMILES string of the molecule is CCNC(=O)Nc1cccc(-n2c(C(C)Nc3ncnc(N)c3C#N)nc3c(F)ccc(Cl)c3c2=O)c1. The summed E-state index contributed by atoms with van der Waals surface area (Å²) in [6, 6.07) is 9.62. The number of urea groups is 1. The normalized spacial score (nSPS) is 11.5. The van der Waals surface area contributed by atoms with Gasteiger partial charge in [-0.25, -0.2) is 24.1 Å². The third-order valence-electron chi connectivity index (χ3n) is 5.38. The third-order valence-corrected chi connectivity index (χ3v) is 5.69. The number of halogens is 2. The van der Waals surface area contributed by atoms with Crippen molar-refractivity contribution >= 4 is 45.9 Å². The van der Waals surface area contributed by atoms with Crippen LogP contribution in [0.1, 0.15) is 31.3 Å². The summed E-state index contributed by atoms with van der Waals surface area (Å²) in [5.74, 6) is -0.553. The van der Waals surface area contributed by atoms with E-state index in [2.05, 4.69) is 30.9 Å². The summed E-state index contributed by atoms with van der Waals surface area (Å²) in [5.41, 5.74) is 5.70. The number of nitrogen functional groups attached to an aromatic ring is 1. The predicted octanol–water partition coefficient (Wildman–Crippen LogP) is 3.74. The Bertz CT molecular complexity index is 1620. The van der Waals surface area contributed by atoms with Gasteiger partial charge in [0.2, 0.25) is 0 Å². The van der Waals surface area contributed by atoms with Crippen LogP contribution in [0.5, 0.6) is 0 Å². The van der Waals surface area contributed by atoms with Crippen molar-refractivity contribution in [2.24, 2.45) is 0 Å². The van der Waals surface area contributed by atoms with Gasteiger partial charge in [0, 0.05) is 12.2 Å². The van der Waals surface area contributed by atoms with Gasteiger partial charge in [-0.1, -0.05) is 17.7 Å². The quantitative estimate of drug-likeness (QED) is 0.298. The fraction of sp³-hybridized carbons (Fsp3) is 0.167. The zero-order valence-corrected chi connectivity index (χ0v) is 20.5. The number of carbonyl (C=O) groups excluding carboxylic acids is 1. The van der Waals surface area contributed by atoms with E-state index in [9.17, 15) is 19.2 Å². The molecule has 11 nitrogen and oxygen atoms in total. The molecule has 188 valence electrons. The summed E-state index contributed by atoms with van der Waals surface area (Å²) < 4.78 is 16.0. The lowest BCUT2D eigenvalue weighted by Crippen LogP contribution is -2.29. The Balaban J connectivity index is 1.92. The van der Waals surface area contributed by atoms with Gasteiger partial charge in [0.25, 0.3) is 5.56 Å². The molecule has 2 aromatic carbocycles. The van der Waals surface area contributed by atoms with Gasteiger partial charge >= 0.3 is 6.03 Å². The number of fused-ring (bicyclic) bond motifs is 1. The molecule has 37 heavy (non-hydrogen) atoms. The third kappa shape index (κ3) is 4.98. The van der Waals surface area contributed by atoms with Crippen LogP contribution in [0.3, 0.4) is 0 Å². The molecule has 0 radical (unpaired) electrons. The maximum atomic E-state index is 14.8. The molecule has 0 spiro atoms. The summed E-state index contributed by atoms with van der Waals surface area (Å²) in [6.45, 7) is 3.86. The van der Waals surface area contributed by atoms with Crippen molar-refractivity contribution in [3.8, 4) is 11.8 Å². The van der Waals surface area contributed by atoms with Gasteiger partial charge in [-0.05, 0) is 44.2 Å². The molecular weight excluding hydrogens is 501 g/mol. The number of amides is 2. The Morgan fingerprint density at radius 2 is 2.08 bits per heavy atom. The van der Waals surface area contributed by atoms with Gasteiger partial charge in [-0.3, -0.25) is 9.36 Å². The number of nitrogens with one attached hydrogen (secondary N) is 3. The van der Waals surface area contributed by atoms with E-state index in [1.54, 1.807) is 38.1 Å². The summed E-state index contributed by atoms with van der Waals surface area (Å²) in [4.78, 5) is 38.1. The van der Waals surface area contributed by atoms with Crippen LogP contribution in [0.4, 0.5) is 26.5 Å². The van der Waals surface area contributed by atoms with E-state index in [0.717, 1.165) is 6.07 Å². The highest BCUT2D eigenvalue weighted by Gasteiger charge is 2.23. The molecule has 1 atom stereocenters. The minimum atomic E-state index is -0.781. The molecule has 0 saturated heterocycles. The van der Waals surface area contributed by atoms with Crippen molar-refractivity contribution in [2.45, 2.75) is 19.9 Å². The van der Waals surface area contributed by atoms with Gasteiger partial charge in [0.15, 0.2) is 0 Å². The fourth-order valence-electron chi connectivity index (χ4n) is 3.72. The largest absolute Gasteiger partial charge is 0.382 e. The molecule has 0 bridgehead atoms. The Morgan fingerprint density at radius 1 is 1.30 bits per heavy atom. The Hall–Kier alpha value is -4.76. The highest BCUT2D eigenvalue weighted by molar-refractivity contribution is 6.35. The summed E-state index contributed by atoms with van der Waals surface area (Å²) >= 11 is 6.28. The molecular formula is C24H21ClFN9O2. The number of nitrogens with zero attached hydrogens (tertiary/aromatic N) is 5. The minimum Gasteiger partial charge on any atom is -0.382 e. The smallest absolute Gasteiger partial charge is 0.319 e. The maximum Gasteiger partial charge on any atom is 0.319 e. The van der Waals surface area contributed by atoms with Crippen LogP contribution in [0.25, 0.3) is 16.6 Å². The first-order valence-corrected chi connectivity index (χ1v) is 11.5. The Morgan fingerprint density at radius 3 is 2.81 bits per heavy atom. The number of rotatable bonds is 6. The van der Waals surface area contributed by atoms with E-state index in [1.165, 1.54) is 17.0 Å². The molecule has 5 N–H and O–H groups in total. The van der Waals surface area contributed by atoms with Crippen LogP contribution in [0.15, 0.2) is 47.5 Å². The van der Waals surface area contributed by atoms with Crippen LogP contribution in [-0.2, 0) is 0 Å². The standard InChI is InChI=1S/C24H21ClFN9O2/c1-3-29-24(37)33-13-5-4-6-14(9-13)35-22(12(2)32-21-15(10-27)20(28)30-11-31-21)34-19-17(26)8-7-16(25)18(19)23(35)36/h4-9,11-12H,3H2,1-2H3,(H2,29,33,37)(H3,28,30,31,32). The number of hydrogen-bond acceptors (Lipinski definition) is 8. The zero-order valence-electron chi connectivity index (χ0n) is 19.7. The Labute approximate surface area is 215 Å². The summed E-state index contributed by atoms with van der Waals surface area (Å²) in [7, 11) is 0. The van der Waals surface area contributed by atoms with E-state index < -0.39 is 23.4 Å². The summed E-state index contributed by atoms with van der Waals surface area (Å²) in [6.07, 6.45) is 1.18. The van der Waals surface area contributed by atoms with E-state index in [1.807, 2.05) is 6.07 Å². The van der Waals surface area contributed by atoms with Gasteiger partial charge in [-0.15, -0.1) is 0 Å².